The fourth-order valence-electron chi connectivity index (χ4n) is 0.310. The van der Waals surface area contributed by atoms with Crippen LogP contribution in [-0.4, -0.2) is 34.1 Å². The first-order chi connectivity index (χ1) is 5.04. The van der Waals surface area contributed by atoms with Gasteiger partial charge in [0.1, 0.15) is 0 Å². The van der Waals surface area contributed by atoms with Gasteiger partial charge in [-0.1, -0.05) is 0 Å². The van der Waals surface area contributed by atoms with Crippen LogP contribution in [0.3, 0.4) is 0 Å². The van der Waals surface area contributed by atoms with Gasteiger partial charge in [0.15, 0.2) is 0 Å². The number of nitrogens with two attached hydrogens (primary N) is 2. The number of aliphatic hydroxyl groups is 1. The van der Waals surface area contributed by atoms with Crippen molar-refractivity contribution in [3.63, 3.8) is 0 Å². The molecule has 7 N–H and O–H groups in total. The van der Waals surface area contributed by atoms with Gasteiger partial charge in [-0.05, 0) is 13.0 Å². The van der Waals surface area contributed by atoms with E-state index in [1.54, 1.807) is 0 Å². The van der Waals surface area contributed by atoms with Crippen molar-refractivity contribution in [3.05, 3.63) is 0 Å². The molecule has 0 bridgehead atoms. The lowest BCUT2D eigenvalue weighted by molar-refractivity contribution is 0.175. The molecule has 0 fully saturated rings. The van der Waals surface area contributed by atoms with Crippen molar-refractivity contribution < 1.29 is 19.5 Å². The molecular formula is C4H15N2O4P. The van der Waals surface area contributed by atoms with Gasteiger partial charge >= 0.3 is 8.25 Å². The molecule has 0 amide bonds. The van der Waals surface area contributed by atoms with Crippen LogP contribution in [0.2, 0.25) is 0 Å². The zero-order valence-corrected chi connectivity index (χ0v) is 7.10. The van der Waals surface area contributed by atoms with Gasteiger partial charge in [-0.3, -0.25) is 4.57 Å². The number of rotatable bonds is 3. The molecule has 0 saturated heterocycles. The van der Waals surface area contributed by atoms with Crippen molar-refractivity contribution in [2.75, 3.05) is 13.1 Å². The van der Waals surface area contributed by atoms with E-state index < -0.39 is 14.4 Å². The van der Waals surface area contributed by atoms with Crippen LogP contribution in [-0.2, 0) is 4.57 Å². The largest absolute Gasteiger partial charge is 0.392 e. The van der Waals surface area contributed by atoms with Crippen LogP contribution in [0.25, 0.3) is 0 Å². The van der Waals surface area contributed by atoms with E-state index in [9.17, 15) is 0 Å². The Bertz CT molecular complexity index is 98.1. The molecule has 7 heteroatoms. The summed E-state index contributed by atoms with van der Waals surface area (Å²) < 4.78 is 8.74. The van der Waals surface area contributed by atoms with Crippen molar-refractivity contribution in [1.29, 1.82) is 0 Å². The van der Waals surface area contributed by atoms with Gasteiger partial charge in [0.05, 0.1) is 6.10 Å². The maximum Gasteiger partial charge on any atom is 0.314 e. The quantitative estimate of drug-likeness (QED) is 0.324. The molecule has 1 unspecified atom stereocenters. The highest BCUT2D eigenvalue weighted by Gasteiger charge is 1.95. The Morgan fingerprint density at radius 1 is 1.36 bits per heavy atom. The molecule has 0 saturated carbocycles. The number of hydrogen-bond acceptors (Lipinski definition) is 4. The molecular weight excluding hydrogens is 171 g/mol. The van der Waals surface area contributed by atoms with Gasteiger partial charge in [-0.25, -0.2) is 0 Å². The summed E-state index contributed by atoms with van der Waals surface area (Å²) in [5.74, 6) is 0. The van der Waals surface area contributed by atoms with Crippen LogP contribution in [0.15, 0.2) is 0 Å². The molecule has 1 atom stereocenters. The highest BCUT2D eigenvalue weighted by Crippen LogP contribution is 1.98. The zero-order valence-electron chi connectivity index (χ0n) is 6.10. The Balaban J connectivity index is 0. The third kappa shape index (κ3) is 25.6. The zero-order chi connectivity index (χ0) is 9.28. The second kappa shape index (κ2) is 10.0. The molecule has 0 spiro atoms. The van der Waals surface area contributed by atoms with Gasteiger partial charge in [0.2, 0.25) is 0 Å². The summed E-state index contributed by atoms with van der Waals surface area (Å²) in [6.45, 7) is 0.829. The summed E-state index contributed by atoms with van der Waals surface area (Å²) in [7, 11) is -3.13. The molecule has 0 aromatic heterocycles. The second-order valence-corrected chi connectivity index (χ2v) is 2.31. The van der Waals surface area contributed by atoms with E-state index in [-0.39, 0.29) is 0 Å². The summed E-state index contributed by atoms with van der Waals surface area (Å²) in [5, 5.41) is 8.65. The van der Waals surface area contributed by atoms with E-state index in [1.165, 1.54) is 0 Å². The molecule has 0 heterocycles. The SMILES string of the molecule is NCCC(O)CN.O=[PH](O)O. The van der Waals surface area contributed by atoms with Crippen molar-refractivity contribution >= 4 is 8.25 Å². The molecule has 0 aliphatic carbocycles. The summed E-state index contributed by atoms with van der Waals surface area (Å²) >= 11 is 0. The van der Waals surface area contributed by atoms with Gasteiger partial charge in [0.25, 0.3) is 0 Å². The maximum atomic E-state index is 8.74. The van der Waals surface area contributed by atoms with E-state index >= 15 is 0 Å². The van der Waals surface area contributed by atoms with E-state index in [2.05, 4.69) is 0 Å². The monoisotopic (exact) mass is 186 g/mol. The first-order valence-corrected chi connectivity index (χ1v) is 4.35. The van der Waals surface area contributed by atoms with Crippen LogP contribution in [0.5, 0.6) is 0 Å². The Kier molecular flexibility index (Phi) is 12.4. The lowest BCUT2D eigenvalue weighted by Crippen LogP contribution is -2.22. The first kappa shape index (κ1) is 13.6. The topological polar surface area (TPSA) is 130 Å². The molecule has 0 aliphatic heterocycles. The highest BCUT2D eigenvalue weighted by atomic mass is 31.1. The number of hydrogen-bond donors (Lipinski definition) is 5. The first-order valence-electron chi connectivity index (χ1n) is 3.04. The Labute approximate surface area is 65.8 Å². The Morgan fingerprint density at radius 3 is 1.82 bits per heavy atom. The summed E-state index contributed by atoms with van der Waals surface area (Å²) in [6, 6.07) is 0. The van der Waals surface area contributed by atoms with Crippen LogP contribution >= 0.6 is 8.25 Å². The predicted molar refractivity (Wildman–Crippen MR) is 42.2 cm³/mol. The second-order valence-electron chi connectivity index (χ2n) is 1.75. The molecule has 11 heavy (non-hydrogen) atoms. The molecule has 70 valence electrons. The highest BCUT2D eigenvalue weighted by molar-refractivity contribution is 7.30. The summed E-state index contributed by atoms with van der Waals surface area (Å²) in [4.78, 5) is 14.3. The summed E-state index contributed by atoms with van der Waals surface area (Å²) in [6.07, 6.45) is 0.209. The molecule has 0 aromatic rings. The minimum Gasteiger partial charge on any atom is -0.392 e. The van der Waals surface area contributed by atoms with Gasteiger partial charge < -0.3 is 26.4 Å². The van der Waals surface area contributed by atoms with Crippen LogP contribution in [0, 0.1) is 0 Å². The standard InChI is InChI=1S/C4H12N2O.H3O3P/c5-2-1-4(7)3-6;1-4(2)3/h4,7H,1-3,5-6H2;4H,(H2,1,2,3). The number of aliphatic hydroxyl groups excluding tert-OH is 1. The third-order valence-corrected chi connectivity index (χ3v) is 0.772. The van der Waals surface area contributed by atoms with Crippen molar-refractivity contribution in [2.24, 2.45) is 11.5 Å². The van der Waals surface area contributed by atoms with Crippen molar-refractivity contribution in [2.45, 2.75) is 12.5 Å². The van der Waals surface area contributed by atoms with E-state index in [0.717, 1.165) is 0 Å². The van der Waals surface area contributed by atoms with Gasteiger partial charge in [-0.15, -0.1) is 0 Å². The normalized spacial score (nSPS) is 12.2. The average Bonchev–Trinajstić information content (AvgIpc) is 1.87. The maximum absolute atomic E-state index is 8.74. The fraction of sp³-hybridized carbons (Fsp3) is 1.00. The van der Waals surface area contributed by atoms with Crippen molar-refractivity contribution in [3.8, 4) is 0 Å². The van der Waals surface area contributed by atoms with E-state index in [0.29, 0.717) is 19.5 Å². The third-order valence-electron chi connectivity index (χ3n) is 0.772. The smallest absolute Gasteiger partial charge is 0.314 e. The lowest BCUT2D eigenvalue weighted by Gasteiger charge is -2.01. The molecule has 0 aliphatic rings. The van der Waals surface area contributed by atoms with Gasteiger partial charge in [-0.2, -0.15) is 0 Å². The van der Waals surface area contributed by atoms with Gasteiger partial charge in [0, 0.05) is 6.54 Å². The predicted octanol–water partition coefficient (Wildman–Crippen LogP) is -1.98. The Morgan fingerprint density at radius 2 is 1.73 bits per heavy atom. The average molecular weight is 186 g/mol. The van der Waals surface area contributed by atoms with E-state index in [4.69, 9.17) is 30.9 Å². The summed E-state index contributed by atoms with van der Waals surface area (Å²) in [5.41, 5.74) is 10.1. The van der Waals surface area contributed by atoms with E-state index in [1.807, 2.05) is 0 Å². The van der Waals surface area contributed by atoms with Crippen LogP contribution in [0.1, 0.15) is 6.42 Å². The molecule has 0 rings (SSSR count). The Hall–Kier alpha value is 0.0300. The van der Waals surface area contributed by atoms with Crippen molar-refractivity contribution in [1.82, 2.24) is 0 Å². The fourth-order valence-corrected chi connectivity index (χ4v) is 0.310. The lowest BCUT2D eigenvalue weighted by atomic mass is 10.3. The minimum absolute atomic E-state index is 0.317. The van der Waals surface area contributed by atoms with Crippen LogP contribution < -0.4 is 11.5 Å². The molecule has 6 nitrogen and oxygen atoms in total. The van der Waals surface area contributed by atoms with Crippen LogP contribution in [0.4, 0.5) is 0 Å². The molecule has 0 radical (unpaired) electrons. The molecule has 0 aromatic carbocycles. The minimum atomic E-state index is -3.13.